The molecule has 0 heterocycles. The van der Waals surface area contributed by atoms with Crippen LogP contribution in [-0.2, 0) is 0 Å². The zero-order chi connectivity index (χ0) is 34.8. The standard InChI is InChI=1S/C52H29.Sn.2H/c1-3-8-33-21-45-28-49-40(25-42(45)19-31(33)6-1)16-14-38-18-35-12-13-37(24-44(35)27-48(38)49)47-11-5-10-36-23-39-15-17-41-26-43-20-32-7-2-4-9-34(32)22-46(43)29-50(41)52(39)30-51(36)47;;;/h1-23,25-30H;;;. The monoisotopic (exact) mass is 775 g/mol. The molecule has 0 aliphatic carbocycles. The molecule has 0 spiro atoms. The molecule has 0 fully saturated rings. The average molecular weight is 775 g/mol. The van der Waals surface area contributed by atoms with E-state index >= 15 is 0 Å². The van der Waals surface area contributed by atoms with Crippen LogP contribution in [0, 0.1) is 0 Å². The van der Waals surface area contributed by atoms with E-state index in [4.69, 9.17) is 0 Å². The van der Waals surface area contributed by atoms with E-state index in [1.165, 1.54) is 122 Å². The van der Waals surface area contributed by atoms with Gasteiger partial charge < -0.3 is 0 Å². The Bertz CT molecular complexity index is 3570. The second-order valence-corrected chi connectivity index (χ2v) is 16.9. The Morgan fingerprint density at radius 3 is 1.06 bits per heavy atom. The van der Waals surface area contributed by atoms with Gasteiger partial charge in [-0.15, -0.1) is 0 Å². The third kappa shape index (κ3) is 4.49. The van der Waals surface area contributed by atoms with Crippen LogP contribution in [0.4, 0.5) is 0 Å². The molecule has 0 aromatic heterocycles. The first-order valence-corrected chi connectivity index (χ1v) is 20.4. The fraction of sp³-hybridized carbons (Fsp3) is 0. The van der Waals surface area contributed by atoms with E-state index in [0.717, 1.165) is 0 Å². The molecule has 1 heteroatoms. The molecule has 243 valence electrons. The molecule has 0 nitrogen and oxygen atoms in total. The van der Waals surface area contributed by atoms with Crippen LogP contribution in [0.3, 0.4) is 0 Å². The molecular formula is C52H31Sn. The van der Waals surface area contributed by atoms with Crippen molar-refractivity contribution in [3.63, 3.8) is 0 Å². The first kappa shape index (κ1) is 29.6. The van der Waals surface area contributed by atoms with Gasteiger partial charge in [-0.2, -0.15) is 0 Å². The summed E-state index contributed by atoms with van der Waals surface area (Å²) >= 11 is 0.630. The maximum absolute atomic E-state index is 2.49. The molecule has 1 radical (unpaired) electrons. The minimum atomic E-state index is 0.630. The molecule has 0 aliphatic rings. The zero-order valence-electron chi connectivity index (χ0n) is 29.0. The van der Waals surface area contributed by atoms with Gasteiger partial charge in [0.15, 0.2) is 0 Å². The quantitative estimate of drug-likeness (QED) is 0.0885. The Hall–Kier alpha value is -5.96. The summed E-state index contributed by atoms with van der Waals surface area (Å²) in [5.41, 5.74) is 2.69. The molecule has 0 unspecified atom stereocenters. The van der Waals surface area contributed by atoms with Gasteiger partial charge in [-0.05, 0) is 0 Å². The number of hydrogen-bond acceptors (Lipinski definition) is 0. The van der Waals surface area contributed by atoms with Gasteiger partial charge in [0.25, 0.3) is 0 Å². The predicted octanol–water partition coefficient (Wildman–Crippen LogP) is 13.1. The van der Waals surface area contributed by atoms with E-state index in [1.54, 1.807) is 0 Å². The maximum atomic E-state index is 2.49. The van der Waals surface area contributed by atoms with E-state index in [2.05, 4.69) is 176 Å². The average Bonchev–Trinajstić information content (AvgIpc) is 3.19. The number of benzene rings is 12. The van der Waals surface area contributed by atoms with Crippen molar-refractivity contribution in [1.82, 2.24) is 0 Å². The number of hydrogen-bond donors (Lipinski definition) is 0. The van der Waals surface area contributed by atoms with Crippen LogP contribution < -0.4 is 3.58 Å². The number of rotatable bonds is 1. The molecule has 12 aromatic carbocycles. The SMILES string of the molecule is [SnH2][c]1c(-c2cccc3cc4ccc5cc6cc7ccccc7cc6cc5c4cc23)ccc2cc3ccc4cc5cc6ccccc6cc5cc4c3cc12. The second-order valence-electron chi connectivity index (χ2n) is 14.9. The van der Waals surface area contributed by atoms with Crippen molar-refractivity contribution in [2.45, 2.75) is 0 Å². The fourth-order valence-corrected chi connectivity index (χ4v) is 10.9. The molecule has 12 rings (SSSR count). The summed E-state index contributed by atoms with van der Waals surface area (Å²) in [6.07, 6.45) is 0. The summed E-state index contributed by atoms with van der Waals surface area (Å²) in [5, 5.41) is 26.1. The van der Waals surface area contributed by atoms with Crippen molar-refractivity contribution in [2.75, 3.05) is 0 Å². The van der Waals surface area contributed by atoms with Crippen molar-refractivity contribution in [3.05, 3.63) is 176 Å². The van der Waals surface area contributed by atoms with Crippen LogP contribution >= 0.6 is 0 Å². The molecule has 0 atom stereocenters. The van der Waals surface area contributed by atoms with Crippen LogP contribution in [0.25, 0.3) is 119 Å². The van der Waals surface area contributed by atoms with Crippen LogP contribution in [0.2, 0.25) is 0 Å². The first-order valence-electron chi connectivity index (χ1n) is 18.4. The van der Waals surface area contributed by atoms with Gasteiger partial charge in [0, 0.05) is 0 Å². The van der Waals surface area contributed by atoms with Crippen molar-refractivity contribution < 1.29 is 0 Å². The van der Waals surface area contributed by atoms with Crippen molar-refractivity contribution in [2.24, 2.45) is 0 Å². The van der Waals surface area contributed by atoms with E-state index in [0.29, 0.717) is 22.5 Å². The third-order valence-electron chi connectivity index (χ3n) is 11.9. The summed E-state index contributed by atoms with van der Waals surface area (Å²) < 4.78 is 1.49. The molecule has 0 bridgehead atoms. The normalized spacial score (nSPS) is 12.2. The Labute approximate surface area is 319 Å². The van der Waals surface area contributed by atoms with Gasteiger partial charge in [0.1, 0.15) is 0 Å². The topological polar surface area (TPSA) is 0 Å². The molecule has 0 saturated heterocycles. The van der Waals surface area contributed by atoms with Gasteiger partial charge in [-0.25, -0.2) is 0 Å². The number of fused-ring (bicyclic) bond motifs is 12. The van der Waals surface area contributed by atoms with Gasteiger partial charge in [0.05, 0.1) is 0 Å². The van der Waals surface area contributed by atoms with Crippen LogP contribution in [0.1, 0.15) is 0 Å². The molecule has 0 saturated carbocycles. The van der Waals surface area contributed by atoms with Crippen LogP contribution in [0.5, 0.6) is 0 Å². The molecular weight excluding hydrogens is 743 g/mol. The Balaban J connectivity index is 1.07. The first-order chi connectivity index (χ1) is 26.1. The van der Waals surface area contributed by atoms with E-state index < -0.39 is 0 Å². The summed E-state index contributed by atoms with van der Waals surface area (Å²) in [6, 6.07) is 66.8. The third-order valence-corrected chi connectivity index (χ3v) is 14.0. The summed E-state index contributed by atoms with van der Waals surface area (Å²) in [5.74, 6) is 0. The van der Waals surface area contributed by atoms with Crippen molar-refractivity contribution in [3.8, 4) is 11.1 Å². The van der Waals surface area contributed by atoms with Crippen molar-refractivity contribution in [1.29, 1.82) is 0 Å². The molecule has 0 amide bonds. The Morgan fingerprint density at radius 1 is 0.208 bits per heavy atom. The molecule has 53 heavy (non-hydrogen) atoms. The van der Waals surface area contributed by atoms with E-state index in [9.17, 15) is 0 Å². The minimum absolute atomic E-state index is 0.630. The summed E-state index contributed by atoms with van der Waals surface area (Å²) in [4.78, 5) is 0. The summed E-state index contributed by atoms with van der Waals surface area (Å²) in [7, 11) is 0. The Kier molecular flexibility index (Phi) is 6.16. The van der Waals surface area contributed by atoms with Crippen LogP contribution in [0.15, 0.2) is 176 Å². The predicted molar refractivity (Wildman–Crippen MR) is 235 cm³/mol. The molecule has 12 aromatic rings. The van der Waals surface area contributed by atoms with Gasteiger partial charge in [0.2, 0.25) is 0 Å². The van der Waals surface area contributed by atoms with E-state index in [1.807, 2.05) is 0 Å². The van der Waals surface area contributed by atoms with E-state index in [-0.39, 0.29) is 0 Å². The zero-order valence-corrected chi connectivity index (χ0v) is 33.0. The molecule has 0 aliphatic heterocycles. The second kappa shape index (κ2) is 11.0. The van der Waals surface area contributed by atoms with Gasteiger partial charge in [-0.3, -0.25) is 0 Å². The van der Waals surface area contributed by atoms with Gasteiger partial charge in [-0.1, -0.05) is 18.2 Å². The molecule has 0 N–H and O–H groups in total. The van der Waals surface area contributed by atoms with Crippen molar-refractivity contribution >= 4 is 134 Å². The van der Waals surface area contributed by atoms with Crippen LogP contribution in [-0.4, -0.2) is 22.5 Å². The fourth-order valence-electron chi connectivity index (χ4n) is 9.15. The summed E-state index contributed by atoms with van der Waals surface area (Å²) in [6.45, 7) is 0. The van der Waals surface area contributed by atoms with Gasteiger partial charge >= 0.3 is 303 Å². The Morgan fingerprint density at radius 2 is 0.547 bits per heavy atom.